The molecule has 0 amide bonds. The molecule has 1 aromatic heterocycles. The number of rotatable bonds is 2. The van der Waals surface area contributed by atoms with Gasteiger partial charge in [-0.05, 0) is 46.8 Å². The molecule has 0 radical (unpaired) electrons. The zero-order valence-electron chi connectivity index (χ0n) is 9.16. The number of H-pyrrole nitrogens is 1. The first-order valence-electron chi connectivity index (χ1n) is 5.62. The van der Waals surface area contributed by atoms with Crippen LogP contribution in [0, 0.1) is 0 Å². The van der Waals surface area contributed by atoms with E-state index in [1.54, 1.807) is 6.08 Å². The quantitative estimate of drug-likeness (QED) is 0.666. The van der Waals surface area contributed by atoms with Crippen molar-refractivity contribution < 1.29 is 4.79 Å². The Labute approximate surface area is 107 Å². The lowest BCUT2D eigenvalue weighted by Crippen LogP contribution is -2.32. The van der Waals surface area contributed by atoms with Gasteiger partial charge < -0.3 is 4.98 Å². The molecule has 0 atom stereocenters. The van der Waals surface area contributed by atoms with Gasteiger partial charge in [0, 0.05) is 21.6 Å². The number of nitrogens with zero attached hydrogens (tertiary/aromatic N) is 1. The minimum Gasteiger partial charge on any atom is -0.360 e. The van der Waals surface area contributed by atoms with Crippen LogP contribution in [-0.4, -0.2) is 11.1 Å². The van der Waals surface area contributed by atoms with Gasteiger partial charge in [-0.2, -0.15) is 4.99 Å². The number of hydrogen-bond acceptors (Lipinski definition) is 2. The molecular formula is C13H11BrN2O. The molecule has 1 saturated carbocycles. The van der Waals surface area contributed by atoms with Gasteiger partial charge in [-0.1, -0.05) is 12.1 Å². The predicted molar refractivity (Wildman–Crippen MR) is 69.6 cm³/mol. The highest BCUT2D eigenvalue weighted by Crippen LogP contribution is 2.48. The third kappa shape index (κ3) is 1.48. The number of benzene rings is 1. The van der Waals surface area contributed by atoms with Crippen LogP contribution in [0.15, 0.2) is 33.9 Å². The summed E-state index contributed by atoms with van der Waals surface area (Å²) in [5.41, 5.74) is 1.85. The number of carbonyl (C=O) groups excluding carboxylic acids is 1. The first-order chi connectivity index (χ1) is 8.27. The van der Waals surface area contributed by atoms with Crippen molar-refractivity contribution in [1.29, 1.82) is 0 Å². The average molecular weight is 291 g/mol. The van der Waals surface area contributed by atoms with Crippen LogP contribution in [0.2, 0.25) is 0 Å². The van der Waals surface area contributed by atoms with Crippen LogP contribution in [0.1, 0.15) is 24.8 Å². The van der Waals surface area contributed by atoms with Crippen LogP contribution in [0.4, 0.5) is 0 Å². The molecule has 1 heterocycles. The molecule has 86 valence electrons. The van der Waals surface area contributed by atoms with Crippen molar-refractivity contribution in [3.63, 3.8) is 0 Å². The highest BCUT2D eigenvalue weighted by molar-refractivity contribution is 9.10. The fourth-order valence-electron chi connectivity index (χ4n) is 2.57. The van der Waals surface area contributed by atoms with Crippen molar-refractivity contribution in [2.75, 3.05) is 0 Å². The number of nitrogens with one attached hydrogen (secondary N) is 1. The zero-order valence-corrected chi connectivity index (χ0v) is 10.8. The molecule has 1 N–H and O–H groups in total. The summed E-state index contributed by atoms with van der Waals surface area (Å²) in [6, 6.07) is 6.09. The Balaban J connectivity index is 2.29. The van der Waals surface area contributed by atoms with Gasteiger partial charge in [0.1, 0.15) is 0 Å². The number of fused-ring (bicyclic) bond motifs is 1. The standard InChI is InChI=1S/C13H11BrN2O/c14-10-7-15-11-4-1-3-9(12(10)11)13(16-8-17)5-2-6-13/h1,3-4,7,15H,2,5-6H2. The summed E-state index contributed by atoms with van der Waals surface area (Å²) in [5.74, 6) is 0. The summed E-state index contributed by atoms with van der Waals surface area (Å²) in [7, 11) is 0. The highest BCUT2D eigenvalue weighted by atomic mass is 79.9. The minimum absolute atomic E-state index is 0.341. The van der Waals surface area contributed by atoms with Crippen LogP contribution < -0.4 is 0 Å². The molecule has 4 heteroatoms. The highest BCUT2D eigenvalue weighted by Gasteiger charge is 2.40. The first-order valence-corrected chi connectivity index (χ1v) is 6.41. The second kappa shape index (κ2) is 3.83. The Morgan fingerprint density at radius 3 is 2.88 bits per heavy atom. The number of hydrogen-bond donors (Lipinski definition) is 1. The van der Waals surface area contributed by atoms with Gasteiger partial charge in [0.15, 0.2) is 0 Å². The summed E-state index contributed by atoms with van der Waals surface area (Å²) < 4.78 is 1.02. The van der Waals surface area contributed by atoms with E-state index in [0.717, 1.165) is 40.2 Å². The van der Waals surface area contributed by atoms with E-state index in [-0.39, 0.29) is 5.54 Å². The summed E-state index contributed by atoms with van der Waals surface area (Å²) in [6.07, 6.45) is 6.63. The Hall–Kier alpha value is -1.38. The lowest BCUT2D eigenvalue weighted by molar-refractivity contribution is 0.258. The van der Waals surface area contributed by atoms with E-state index in [9.17, 15) is 4.79 Å². The Kier molecular flexibility index (Phi) is 2.42. The van der Waals surface area contributed by atoms with Crippen molar-refractivity contribution in [3.8, 4) is 0 Å². The maximum Gasteiger partial charge on any atom is 0.235 e. The second-order valence-electron chi connectivity index (χ2n) is 4.45. The largest absolute Gasteiger partial charge is 0.360 e. The van der Waals surface area contributed by atoms with Gasteiger partial charge in [0.05, 0.1) is 5.54 Å². The number of halogens is 1. The molecule has 0 unspecified atom stereocenters. The second-order valence-corrected chi connectivity index (χ2v) is 5.31. The smallest absolute Gasteiger partial charge is 0.235 e. The van der Waals surface area contributed by atoms with E-state index in [2.05, 4.69) is 32.0 Å². The van der Waals surface area contributed by atoms with Crippen LogP contribution in [0.25, 0.3) is 10.9 Å². The molecule has 3 nitrogen and oxygen atoms in total. The average Bonchev–Trinajstić information content (AvgIpc) is 2.66. The summed E-state index contributed by atoms with van der Waals surface area (Å²) in [5, 5.41) is 1.13. The Morgan fingerprint density at radius 2 is 2.24 bits per heavy atom. The molecule has 0 spiro atoms. The minimum atomic E-state index is -0.341. The molecule has 0 aliphatic heterocycles. The summed E-state index contributed by atoms with van der Waals surface area (Å²) in [6.45, 7) is 0. The predicted octanol–water partition coefficient (Wildman–Crippen LogP) is 3.65. The number of aromatic nitrogens is 1. The van der Waals surface area contributed by atoms with Crippen molar-refractivity contribution >= 4 is 32.9 Å². The molecular weight excluding hydrogens is 280 g/mol. The topological polar surface area (TPSA) is 45.2 Å². The van der Waals surface area contributed by atoms with E-state index in [4.69, 9.17) is 0 Å². The van der Waals surface area contributed by atoms with Crippen LogP contribution in [0.5, 0.6) is 0 Å². The van der Waals surface area contributed by atoms with Crippen LogP contribution >= 0.6 is 15.9 Å². The van der Waals surface area contributed by atoms with Gasteiger partial charge in [-0.25, -0.2) is 4.79 Å². The fraction of sp³-hybridized carbons (Fsp3) is 0.308. The molecule has 0 saturated heterocycles. The van der Waals surface area contributed by atoms with Crippen LogP contribution in [-0.2, 0) is 10.3 Å². The van der Waals surface area contributed by atoms with E-state index in [1.165, 1.54) is 0 Å². The van der Waals surface area contributed by atoms with E-state index in [1.807, 2.05) is 18.3 Å². The number of aliphatic imine (C=N–C) groups is 1. The first kappa shape index (κ1) is 10.8. The normalized spacial score (nSPS) is 17.5. The molecule has 1 aliphatic rings. The lowest BCUT2D eigenvalue weighted by Gasteiger charge is -2.37. The van der Waals surface area contributed by atoms with Crippen molar-refractivity contribution in [2.24, 2.45) is 4.99 Å². The van der Waals surface area contributed by atoms with E-state index >= 15 is 0 Å². The third-order valence-electron chi connectivity index (χ3n) is 3.60. The maximum atomic E-state index is 10.6. The van der Waals surface area contributed by atoms with Crippen molar-refractivity contribution in [2.45, 2.75) is 24.8 Å². The van der Waals surface area contributed by atoms with Gasteiger partial charge >= 0.3 is 0 Å². The molecule has 0 bridgehead atoms. The Bertz CT molecular complexity index is 621. The monoisotopic (exact) mass is 290 g/mol. The zero-order chi connectivity index (χ0) is 11.9. The van der Waals surface area contributed by atoms with Gasteiger partial charge in [0.2, 0.25) is 6.08 Å². The summed E-state index contributed by atoms with van der Waals surface area (Å²) in [4.78, 5) is 17.9. The molecule has 1 fully saturated rings. The van der Waals surface area contributed by atoms with Crippen molar-refractivity contribution in [3.05, 3.63) is 34.4 Å². The third-order valence-corrected chi connectivity index (χ3v) is 4.22. The van der Waals surface area contributed by atoms with E-state index < -0.39 is 0 Å². The molecule has 3 rings (SSSR count). The van der Waals surface area contributed by atoms with Gasteiger partial charge in [-0.15, -0.1) is 0 Å². The molecule has 1 aromatic carbocycles. The van der Waals surface area contributed by atoms with Gasteiger partial charge in [-0.3, -0.25) is 0 Å². The van der Waals surface area contributed by atoms with Crippen LogP contribution in [0.3, 0.4) is 0 Å². The van der Waals surface area contributed by atoms with Gasteiger partial charge in [0.25, 0.3) is 0 Å². The summed E-state index contributed by atoms with van der Waals surface area (Å²) >= 11 is 3.54. The molecule has 2 aromatic rings. The van der Waals surface area contributed by atoms with Crippen molar-refractivity contribution in [1.82, 2.24) is 4.98 Å². The SMILES string of the molecule is O=C=NC1(c2cccc3[nH]cc(Br)c23)CCC1. The van der Waals surface area contributed by atoms with E-state index in [0.29, 0.717) is 0 Å². The number of isocyanates is 1. The fourth-order valence-corrected chi connectivity index (χ4v) is 3.11. The number of aromatic amines is 1. The molecule has 17 heavy (non-hydrogen) atoms. The molecule has 1 aliphatic carbocycles. The maximum absolute atomic E-state index is 10.6. The Morgan fingerprint density at radius 1 is 1.41 bits per heavy atom. The lowest BCUT2D eigenvalue weighted by atomic mass is 9.71.